The van der Waals surface area contributed by atoms with E-state index >= 15 is 0 Å². The number of methoxy groups -OCH3 is 2. The van der Waals surface area contributed by atoms with Gasteiger partial charge in [-0.3, -0.25) is 4.79 Å². The minimum absolute atomic E-state index is 0.253. The number of hydrogen-bond acceptors (Lipinski definition) is 6. The van der Waals surface area contributed by atoms with Crippen molar-refractivity contribution in [3.63, 3.8) is 0 Å². The molecule has 3 rings (SSSR count). The molecule has 178 valence electrons. The van der Waals surface area contributed by atoms with Gasteiger partial charge in [0, 0.05) is 19.2 Å². The fraction of sp³-hybridized carbons (Fsp3) is 0.375. The lowest BCUT2D eigenvalue weighted by Crippen LogP contribution is -2.35. The molecule has 0 radical (unpaired) electrons. The molecule has 0 spiro atoms. The Morgan fingerprint density at radius 2 is 1.70 bits per heavy atom. The quantitative estimate of drug-likeness (QED) is 0.420. The minimum atomic E-state index is -3.45. The maximum atomic E-state index is 12.7. The third kappa shape index (κ3) is 6.72. The third-order valence-corrected chi connectivity index (χ3v) is 7.19. The van der Waals surface area contributed by atoms with Crippen molar-refractivity contribution < 1.29 is 27.4 Å². The van der Waals surface area contributed by atoms with Gasteiger partial charge in [0.25, 0.3) is 0 Å². The van der Waals surface area contributed by atoms with Crippen LogP contribution in [0.2, 0.25) is 0 Å². The van der Waals surface area contributed by atoms with Crippen LogP contribution >= 0.6 is 0 Å². The molecule has 8 nitrogen and oxygen atoms in total. The molecule has 0 aliphatic carbocycles. The van der Waals surface area contributed by atoms with E-state index in [9.17, 15) is 13.2 Å². The van der Waals surface area contributed by atoms with Crippen LogP contribution in [0.15, 0.2) is 53.4 Å². The lowest BCUT2D eigenvalue weighted by Gasteiger charge is -2.25. The molecule has 33 heavy (non-hydrogen) atoms. The van der Waals surface area contributed by atoms with Gasteiger partial charge in [-0.25, -0.2) is 8.42 Å². The van der Waals surface area contributed by atoms with Crippen LogP contribution in [0.1, 0.15) is 24.8 Å². The Morgan fingerprint density at radius 1 is 1.00 bits per heavy atom. The van der Waals surface area contributed by atoms with E-state index < -0.39 is 10.0 Å². The summed E-state index contributed by atoms with van der Waals surface area (Å²) in [6.45, 7) is 1.71. The minimum Gasteiger partial charge on any atom is -0.493 e. The van der Waals surface area contributed by atoms with E-state index in [1.165, 1.54) is 10.4 Å². The zero-order valence-electron chi connectivity index (χ0n) is 19.0. The first-order valence-corrected chi connectivity index (χ1v) is 12.3. The Morgan fingerprint density at radius 3 is 2.36 bits per heavy atom. The third-order valence-electron chi connectivity index (χ3n) is 5.28. The molecule has 0 aromatic heterocycles. The van der Waals surface area contributed by atoms with Crippen LogP contribution in [0.4, 0.5) is 0 Å². The fourth-order valence-corrected chi connectivity index (χ4v) is 5.01. The van der Waals surface area contributed by atoms with Gasteiger partial charge in [0.2, 0.25) is 15.9 Å². The standard InChI is InChI=1S/C24H30N2O6S/c1-30-22-12-6-19(18-23(22)31-2)7-13-24(27)25-14-17-32-20-8-10-21(11-9-20)33(28,29)26-15-4-3-5-16-26/h6-13,18H,3-5,14-17H2,1-2H3,(H,25,27)/b13-7+. The molecule has 1 amide bonds. The highest BCUT2D eigenvalue weighted by atomic mass is 32.2. The Labute approximate surface area is 195 Å². The Hall–Kier alpha value is -3.04. The first kappa shape index (κ1) is 24.6. The van der Waals surface area contributed by atoms with Crippen molar-refractivity contribution in [2.75, 3.05) is 40.5 Å². The Balaban J connectivity index is 1.44. The van der Waals surface area contributed by atoms with E-state index in [0.29, 0.717) is 36.9 Å². The summed E-state index contributed by atoms with van der Waals surface area (Å²) in [5, 5.41) is 2.74. The van der Waals surface area contributed by atoms with Gasteiger partial charge in [-0.1, -0.05) is 12.5 Å². The molecule has 0 atom stereocenters. The van der Waals surface area contributed by atoms with Crippen LogP contribution in [0.3, 0.4) is 0 Å². The molecule has 1 saturated heterocycles. The smallest absolute Gasteiger partial charge is 0.244 e. The first-order chi connectivity index (χ1) is 15.9. The molecule has 1 aliphatic rings. The normalized spacial score (nSPS) is 14.7. The van der Waals surface area contributed by atoms with Gasteiger partial charge in [0.1, 0.15) is 12.4 Å². The number of rotatable bonds is 10. The number of amides is 1. The number of sulfonamides is 1. The van der Waals surface area contributed by atoms with Gasteiger partial charge >= 0.3 is 0 Å². The first-order valence-electron chi connectivity index (χ1n) is 10.8. The monoisotopic (exact) mass is 474 g/mol. The van der Waals surface area contributed by atoms with Crippen molar-refractivity contribution >= 4 is 22.0 Å². The average Bonchev–Trinajstić information content (AvgIpc) is 2.86. The Bertz CT molecular complexity index is 1060. The van der Waals surface area contributed by atoms with Gasteiger partial charge in [0.15, 0.2) is 11.5 Å². The summed E-state index contributed by atoms with van der Waals surface area (Å²) in [7, 11) is -0.336. The fourth-order valence-electron chi connectivity index (χ4n) is 3.49. The van der Waals surface area contributed by atoms with Crippen molar-refractivity contribution in [3.8, 4) is 17.2 Å². The van der Waals surface area contributed by atoms with Crippen LogP contribution in [0.5, 0.6) is 17.2 Å². The topological polar surface area (TPSA) is 94.2 Å². The highest BCUT2D eigenvalue weighted by molar-refractivity contribution is 7.89. The van der Waals surface area contributed by atoms with E-state index in [0.717, 1.165) is 24.8 Å². The summed E-state index contributed by atoms with van der Waals surface area (Å²) in [4.78, 5) is 12.3. The van der Waals surface area contributed by atoms with Gasteiger partial charge < -0.3 is 19.5 Å². The second-order valence-electron chi connectivity index (χ2n) is 7.52. The number of nitrogens with one attached hydrogen (secondary N) is 1. The second kappa shape index (κ2) is 11.7. The van der Waals surface area contributed by atoms with Crippen LogP contribution in [-0.2, 0) is 14.8 Å². The SMILES string of the molecule is COc1ccc(/C=C/C(=O)NCCOc2ccc(S(=O)(=O)N3CCCCC3)cc2)cc1OC. The van der Waals surface area contributed by atoms with Crippen molar-refractivity contribution in [2.45, 2.75) is 24.2 Å². The molecule has 1 heterocycles. The number of benzene rings is 2. The van der Waals surface area contributed by atoms with Crippen LogP contribution < -0.4 is 19.5 Å². The summed E-state index contributed by atoms with van der Waals surface area (Å²) < 4.78 is 43.0. The summed E-state index contributed by atoms with van der Waals surface area (Å²) in [6, 6.07) is 11.8. The van der Waals surface area contributed by atoms with Gasteiger partial charge in [-0.15, -0.1) is 0 Å². The van der Waals surface area contributed by atoms with Crippen molar-refractivity contribution in [2.24, 2.45) is 0 Å². The summed E-state index contributed by atoms with van der Waals surface area (Å²) >= 11 is 0. The highest BCUT2D eigenvalue weighted by Gasteiger charge is 2.25. The van der Waals surface area contributed by atoms with E-state index in [1.54, 1.807) is 56.7 Å². The van der Waals surface area contributed by atoms with E-state index in [2.05, 4.69) is 5.32 Å². The Kier molecular flexibility index (Phi) is 8.73. The molecule has 2 aromatic carbocycles. The van der Waals surface area contributed by atoms with Crippen LogP contribution in [-0.4, -0.2) is 59.1 Å². The number of carbonyl (C=O) groups is 1. The van der Waals surface area contributed by atoms with Crippen LogP contribution in [0, 0.1) is 0 Å². The molecule has 1 aliphatic heterocycles. The van der Waals surface area contributed by atoms with Gasteiger partial charge in [-0.2, -0.15) is 4.31 Å². The molecular formula is C24H30N2O6S. The van der Waals surface area contributed by atoms with Gasteiger partial charge in [0.05, 0.1) is 25.7 Å². The number of ether oxygens (including phenoxy) is 3. The summed E-state index contributed by atoms with van der Waals surface area (Å²) in [5.74, 6) is 1.50. The molecule has 9 heteroatoms. The molecule has 0 bridgehead atoms. The lowest BCUT2D eigenvalue weighted by molar-refractivity contribution is -0.116. The molecule has 1 N–H and O–H groups in total. The zero-order chi connectivity index (χ0) is 23.7. The van der Waals surface area contributed by atoms with E-state index in [4.69, 9.17) is 14.2 Å². The van der Waals surface area contributed by atoms with Crippen molar-refractivity contribution in [1.82, 2.24) is 9.62 Å². The summed E-state index contributed by atoms with van der Waals surface area (Å²) in [6.07, 6.45) is 5.98. The van der Waals surface area contributed by atoms with E-state index in [1.807, 2.05) is 6.07 Å². The van der Waals surface area contributed by atoms with Crippen LogP contribution in [0.25, 0.3) is 6.08 Å². The highest BCUT2D eigenvalue weighted by Crippen LogP contribution is 2.28. The molecule has 0 unspecified atom stereocenters. The number of carbonyl (C=O) groups excluding carboxylic acids is 1. The van der Waals surface area contributed by atoms with E-state index in [-0.39, 0.29) is 17.4 Å². The number of nitrogens with zero attached hydrogens (tertiary/aromatic N) is 1. The maximum Gasteiger partial charge on any atom is 0.244 e. The number of piperidine rings is 1. The maximum absolute atomic E-state index is 12.7. The van der Waals surface area contributed by atoms with Crippen molar-refractivity contribution in [1.29, 1.82) is 0 Å². The molecule has 2 aromatic rings. The lowest BCUT2D eigenvalue weighted by atomic mass is 10.2. The molecule has 0 saturated carbocycles. The predicted octanol–water partition coefficient (Wildman–Crippen LogP) is 3.09. The summed E-state index contributed by atoms with van der Waals surface area (Å²) in [5.41, 5.74) is 0.804. The second-order valence-corrected chi connectivity index (χ2v) is 9.46. The molecular weight excluding hydrogens is 444 g/mol. The number of hydrogen-bond donors (Lipinski definition) is 1. The van der Waals surface area contributed by atoms with Crippen molar-refractivity contribution in [3.05, 3.63) is 54.1 Å². The largest absolute Gasteiger partial charge is 0.493 e. The molecule has 1 fully saturated rings. The van der Waals surface area contributed by atoms with Gasteiger partial charge in [-0.05, 0) is 60.9 Å². The zero-order valence-corrected chi connectivity index (χ0v) is 19.8. The average molecular weight is 475 g/mol. The predicted molar refractivity (Wildman–Crippen MR) is 126 cm³/mol.